The van der Waals surface area contributed by atoms with Crippen molar-refractivity contribution < 1.29 is 13.2 Å². The first kappa shape index (κ1) is 20.6. The molecule has 0 aliphatic carbocycles. The minimum absolute atomic E-state index is 0.0255. The Kier molecular flexibility index (Phi) is 4.99. The summed E-state index contributed by atoms with van der Waals surface area (Å²) in [6.07, 6.45) is 1.58. The number of sulfonamides is 1. The zero-order valence-electron chi connectivity index (χ0n) is 17.0. The number of hydrogen-bond acceptors (Lipinski definition) is 7. The topological polar surface area (TPSA) is 147 Å². The number of anilines is 1. The Bertz CT molecular complexity index is 1440. The van der Waals surface area contributed by atoms with Crippen molar-refractivity contribution >= 4 is 27.0 Å². The number of fused-ring (bicyclic) bond motifs is 1. The number of pyridine rings is 1. The number of H-pyrrole nitrogens is 2. The summed E-state index contributed by atoms with van der Waals surface area (Å²) < 4.78 is 31.3. The van der Waals surface area contributed by atoms with Gasteiger partial charge < -0.3 is 15.5 Å². The van der Waals surface area contributed by atoms with Crippen LogP contribution in [0.25, 0.3) is 33.4 Å². The van der Waals surface area contributed by atoms with Crippen LogP contribution in [0.2, 0.25) is 0 Å². The number of rotatable bonds is 5. The van der Waals surface area contributed by atoms with Crippen molar-refractivity contribution in [3.8, 4) is 28.3 Å². The van der Waals surface area contributed by atoms with Crippen molar-refractivity contribution in [2.75, 3.05) is 26.9 Å². The van der Waals surface area contributed by atoms with Crippen molar-refractivity contribution in [1.29, 1.82) is 0 Å². The number of nitrogen functional groups attached to an aromatic ring is 1. The predicted octanol–water partition coefficient (Wildman–Crippen LogP) is 1.82. The molecule has 3 heterocycles. The molecule has 0 bridgehead atoms. The van der Waals surface area contributed by atoms with E-state index >= 15 is 0 Å². The van der Waals surface area contributed by atoms with Crippen molar-refractivity contribution in [3.63, 3.8) is 0 Å². The summed E-state index contributed by atoms with van der Waals surface area (Å²) in [5.74, 6) is 0.301. The highest BCUT2D eigenvalue weighted by atomic mass is 32.2. The predicted molar refractivity (Wildman–Crippen MR) is 117 cm³/mol. The second-order valence-electron chi connectivity index (χ2n) is 6.92. The molecule has 0 aliphatic heterocycles. The van der Waals surface area contributed by atoms with Gasteiger partial charge in [0.1, 0.15) is 5.65 Å². The van der Waals surface area contributed by atoms with Gasteiger partial charge in [0.2, 0.25) is 21.9 Å². The molecule has 11 heteroatoms. The van der Waals surface area contributed by atoms with Gasteiger partial charge in [-0.1, -0.05) is 12.1 Å². The first-order valence-electron chi connectivity index (χ1n) is 9.18. The zero-order chi connectivity index (χ0) is 22.3. The van der Waals surface area contributed by atoms with E-state index in [1.807, 2.05) is 0 Å². The fourth-order valence-electron chi connectivity index (χ4n) is 3.35. The number of hydrogen-bond donors (Lipinski definition) is 3. The van der Waals surface area contributed by atoms with Gasteiger partial charge >= 0.3 is 0 Å². The summed E-state index contributed by atoms with van der Waals surface area (Å²) in [4.78, 5) is 27.0. The maximum Gasteiger partial charge on any atom is 0.262 e. The van der Waals surface area contributed by atoms with Gasteiger partial charge in [0.25, 0.3) is 5.56 Å². The van der Waals surface area contributed by atoms with Crippen LogP contribution in [0.15, 0.2) is 52.3 Å². The molecular weight excluding hydrogens is 420 g/mol. The summed E-state index contributed by atoms with van der Waals surface area (Å²) in [6.45, 7) is 0. The van der Waals surface area contributed by atoms with Crippen LogP contribution in [0.4, 0.5) is 5.95 Å². The summed E-state index contributed by atoms with van der Waals surface area (Å²) >= 11 is 0. The molecule has 4 N–H and O–H groups in total. The van der Waals surface area contributed by atoms with Gasteiger partial charge in [0.15, 0.2) is 0 Å². The van der Waals surface area contributed by atoms with E-state index in [1.165, 1.54) is 33.3 Å². The Morgan fingerprint density at radius 3 is 2.45 bits per heavy atom. The smallest absolute Gasteiger partial charge is 0.262 e. The summed E-state index contributed by atoms with van der Waals surface area (Å²) in [6, 6.07) is 9.83. The molecule has 0 aliphatic rings. The van der Waals surface area contributed by atoms with Crippen LogP contribution in [-0.4, -0.2) is 53.9 Å². The highest BCUT2D eigenvalue weighted by Gasteiger charge is 2.23. The summed E-state index contributed by atoms with van der Waals surface area (Å²) in [7, 11) is 0.848. The number of benzene rings is 1. The molecule has 0 spiro atoms. The Labute approximate surface area is 177 Å². The lowest BCUT2D eigenvalue weighted by Crippen LogP contribution is -2.22. The summed E-state index contributed by atoms with van der Waals surface area (Å²) in [5, 5.41) is 0.292. The van der Waals surface area contributed by atoms with Gasteiger partial charge in [0, 0.05) is 31.4 Å². The molecule has 0 saturated carbocycles. The van der Waals surface area contributed by atoms with E-state index in [9.17, 15) is 13.2 Å². The number of aromatic amines is 2. The number of aromatic nitrogens is 4. The Morgan fingerprint density at radius 2 is 1.81 bits per heavy atom. The standard InChI is InChI=1S/C20H20N6O4S/c1-26(2)31(28,29)12-8-6-11(7-9-12)16-14(13-5-4-10-22-19(13)30-3)15-17(23-16)24-20(21)25-18(15)27/h4-10H,1-3H3,(H4,21,23,24,25,27). The second kappa shape index (κ2) is 7.52. The minimum atomic E-state index is -3.58. The Hall–Kier alpha value is -3.70. The molecular formula is C20H20N6O4S. The molecule has 0 fully saturated rings. The largest absolute Gasteiger partial charge is 0.481 e. The van der Waals surface area contributed by atoms with Crippen molar-refractivity contribution in [1.82, 2.24) is 24.2 Å². The lowest BCUT2D eigenvalue weighted by atomic mass is 10.00. The van der Waals surface area contributed by atoms with Crippen molar-refractivity contribution in [2.24, 2.45) is 0 Å². The first-order valence-corrected chi connectivity index (χ1v) is 10.6. The maximum atomic E-state index is 12.8. The highest BCUT2D eigenvalue weighted by molar-refractivity contribution is 7.89. The lowest BCUT2D eigenvalue weighted by molar-refractivity contribution is 0.400. The van der Waals surface area contributed by atoms with E-state index in [0.29, 0.717) is 39.3 Å². The van der Waals surface area contributed by atoms with E-state index in [-0.39, 0.29) is 10.8 Å². The molecule has 1 aromatic carbocycles. The molecule has 0 unspecified atom stereocenters. The van der Waals surface area contributed by atoms with Gasteiger partial charge in [-0.25, -0.2) is 17.7 Å². The van der Waals surface area contributed by atoms with E-state index in [0.717, 1.165) is 4.31 Å². The molecule has 160 valence electrons. The van der Waals surface area contributed by atoms with Crippen LogP contribution in [-0.2, 0) is 10.0 Å². The summed E-state index contributed by atoms with van der Waals surface area (Å²) in [5.41, 5.74) is 7.90. The van der Waals surface area contributed by atoms with Gasteiger partial charge in [-0.2, -0.15) is 4.98 Å². The normalized spacial score (nSPS) is 11.9. The number of nitrogens with zero attached hydrogens (tertiary/aromatic N) is 3. The van der Waals surface area contributed by atoms with E-state index in [2.05, 4.69) is 19.9 Å². The average molecular weight is 440 g/mol. The molecule has 0 amide bonds. The third-order valence-corrected chi connectivity index (χ3v) is 6.67. The van der Waals surface area contributed by atoms with Crippen LogP contribution in [0.5, 0.6) is 5.88 Å². The fraction of sp³-hybridized carbons (Fsp3) is 0.150. The quantitative estimate of drug-likeness (QED) is 0.429. The number of nitrogens with two attached hydrogens (primary N) is 1. The van der Waals surface area contributed by atoms with Gasteiger partial charge in [-0.05, 0) is 29.8 Å². The lowest BCUT2D eigenvalue weighted by Gasteiger charge is -2.12. The molecule has 0 atom stereocenters. The van der Waals surface area contributed by atoms with E-state index in [1.54, 1.807) is 30.5 Å². The Balaban J connectivity index is 2.01. The molecule has 3 aromatic heterocycles. The number of ether oxygens (including phenoxy) is 1. The van der Waals surface area contributed by atoms with E-state index in [4.69, 9.17) is 10.5 Å². The van der Waals surface area contributed by atoms with Crippen molar-refractivity contribution in [3.05, 3.63) is 52.9 Å². The van der Waals surface area contributed by atoms with E-state index < -0.39 is 15.6 Å². The number of nitrogens with one attached hydrogen (secondary N) is 2. The van der Waals surface area contributed by atoms with Crippen molar-refractivity contribution in [2.45, 2.75) is 4.90 Å². The average Bonchev–Trinajstić information content (AvgIpc) is 3.13. The third kappa shape index (κ3) is 3.43. The fourth-order valence-corrected chi connectivity index (χ4v) is 4.25. The SMILES string of the molecule is COc1ncccc1-c1c(-c2ccc(S(=O)(=O)N(C)C)cc2)[nH]c2nc(N)[nH]c(=O)c12. The molecule has 0 radical (unpaired) electrons. The zero-order valence-corrected chi connectivity index (χ0v) is 17.8. The van der Waals surface area contributed by atoms with Crippen LogP contribution >= 0.6 is 0 Å². The monoisotopic (exact) mass is 440 g/mol. The Morgan fingerprint density at radius 1 is 1.10 bits per heavy atom. The second-order valence-corrected chi connectivity index (χ2v) is 9.07. The van der Waals surface area contributed by atoms with Gasteiger partial charge in [-0.3, -0.25) is 9.78 Å². The molecule has 0 saturated heterocycles. The van der Waals surface area contributed by atoms with Gasteiger partial charge in [0.05, 0.1) is 23.1 Å². The molecule has 4 rings (SSSR count). The highest BCUT2D eigenvalue weighted by Crippen LogP contribution is 2.40. The maximum absolute atomic E-state index is 12.8. The number of methoxy groups -OCH3 is 1. The van der Waals surface area contributed by atoms with Crippen LogP contribution in [0.3, 0.4) is 0 Å². The first-order chi connectivity index (χ1) is 14.7. The van der Waals surface area contributed by atoms with Crippen LogP contribution in [0.1, 0.15) is 0 Å². The minimum Gasteiger partial charge on any atom is -0.481 e. The van der Waals surface area contributed by atoms with Crippen LogP contribution < -0.4 is 16.0 Å². The molecule has 10 nitrogen and oxygen atoms in total. The third-order valence-electron chi connectivity index (χ3n) is 4.84. The molecule has 31 heavy (non-hydrogen) atoms. The van der Waals surface area contributed by atoms with Gasteiger partial charge in [-0.15, -0.1) is 0 Å². The van der Waals surface area contributed by atoms with Crippen LogP contribution in [0, 0.1) is 0 Å². The molecule has 4 aromatic rings.